The van der Waals surface area contributed by atoms with E-state index in [0.717, 1.165) is 29.2 Å². The van der Waals surface area contributed by atoms with E-state index in [2.05, 4.69) is 10.3 Å². The van der Waals surface area contributed by atoms with Crippen LogP contribution < -0.4 is 20.5 Å². The number of nitrogens with two attached hydrogens (primary N) is 1. The number of nitrogens with zero attached hydrogens (tertiary/aromatic N) is 1. The number of amides is 1. The van der Waals surface area contributed by atoms with Gasteiger partial charge in [-0.1, -0.05) is 0 Å². The molecule has 1 fully saturated rings. The van der Waals surface area contributed by atoms with Crippen molar-refractivity contribution in [3.63, 3.8) is 0 Å². The maximum Gasteiger partial charge on any atom is 0.271 e. The van der Waals surface area contributed by atoms with Gasteiger partial charge in [-0.3, -0.25) is 4.79 Å². The van der Waals surface area contributed by atoms with Gasteiger partial charge in [0.25, 0.3) is 5.91 Å². The number of fused-ring (bicyclic) bond motifs is 1. The number of aromatic nitrogens is 1. The molecule has 1 aliphatic heterocycles. The van der Waals surface area contributed by atoms with Gasteiger partial charge >= 0.3 is 0 Å². The summed E-state index contributed by atoms with van der Waals surface area (Å²) in [5.41, 5.74) is 7.08. The van der Waals surface area contributed by atoms with Crippen LogP contribution in [-0.4, -0.2) is 30.3 Å². The highest BCUT2D eigenvalue weighted by Gasteiger charge is 2.31. The summed E-state index contributed by atoms with van der Waals surface area (Å²) in [5.74, 6) is 1.81. The summed E-state index contributed by atoms with van der Waals surface area (Å²) >= 11 is 1.44. The van der Waals surface area contributed by atoms with Crippen molar-refractivity contribution in [2.45, 2.75) is 18.9 Å². The van der Waals surface area contributed by atoms with Crippen molar-refractivity contribution in [2.75, 3.05) is 13.3 Å². The molecule has 1 saturated carbocycles. The van der Waals surface area contributed by atoms with E-state index in [1.54, 1.807) is 5.38 Å². The lowest BCUT2D eigenvalue weighted by atomic mass is 10.2. The van der Waals surface area contributed by atoms with E-state index >= 15 is 0 Å². The molecule has 4 rings (SSSR count). The van der Waals surface area contributed by atoms with Crippen molar-refractivity contribution >= 4 is 17.2 Å². The maximum absolute atomic E-state index is 12.3. The Morgan fingerprint density at radius 1 is 1.39 bits per heavy atom. The lowest BCUT2D eigenvalue weighted by Crippen LogP contribution is -2.41. The zero-order valence-corrected chi connectivity index (χ0v) is 13.3. The van der Waals surface area contributed by atoms with Crippen molar-refractivity contribution in [2.24, 2.45) is 11.7 Å². The van der Waals surface area contributed by atoms with E-state index in [9.17, 15) is 4.79 Å². The SMILES string of the molecule is NCC(NC(=O)c1csc(-c2ccc3c(c2)OCO3)n1)C1CC1. The van der Waals surface area contributed by atoms with Crippen molar-refractivity contribution in [3.05, 3.63) is 29.3 Å². The summed E-state index contributed by atoms with van der Waals surface area (Å²) in [5, 5.41) is 5.54. The zero-order chi connectivity index (χ0) is 15.8. The summed E-state index contributed by atoms with van der Waals surface area (Å²) < 4.78 is 10.7. The van der Waals surface area contributed by atoms with Crippen molar-refractivity contribution < 1.29 is 14.3 Å². The first kappa shape index (κ1) is 14.5. The molecule has 1 aromatic carbocycles. The number of nitrogens with one attached hydrogen (secondary N) is 1. The maximum atomic E-state index is 12.3. The molecule has 2 aromatic rings. The Morgan fingerprint density at radius 2 is 2.22 bits per heavy atom. The Bertz CT molecular complexity index is 742. The molecule has 120 valence electrons. The molecule has 0 saturated heterocycles. The van der Waals surface area contributed by atoms with Gasteiger partial charge in [0.15, 0.2) is 11.5 Å². The Morgan fingerprint density at radius 3 is 3.00 bits per heavy atom. The summed E-state index contributed by atoms with van der Waals surface area (Å²) in [6, 6.07) is 5.71. The van der Waals surface area contributed by atoms with Crippen molar-refractivity contribution in [1.29, 1.82) is 0 Å². The molecule has 3 N–H and O–H groups in total. The minimum atomic E-state index is -0.157. The highest BCUT2D eigenvalue weighted by Crippen LogP contribution is 2.37. The van der Waals surface area contributed by atoms with E-state index in [4.69, 9.17) is 15.2 Å². The average molecular weight is 331 g/mol. The Labute approximate surface area is 137 Å². The second-order valence-electron chi connectivity index (χ2n) is 5.76. The normalized spacial score (nSPS) is 17.1. The summed E-state index contributed by atoms with van der Waals surface area (Å²) in [4.78, 5) is 16.8. The number of ether oxygens (including phenoxy) is 2. The molecule has 6 nitrogen and oxygen atoms in total. The predicted octanol–water partition coefficient (Wildman–Crippen LogP) is 2.01. The summed E-state index contributed by atoms with van der Waals surface area (Å²) in [6.07, 6.45) is 2.28. The molecule has 1 aromatic heterocycles. The third kappa shape index (κ3) is 2.89. The minimum Gasteiger partial charge on any atom is -0.454 e. The molecule has 1 aliphatic carbocycles. The van der Waals surface area contributed by atoms with Crippen molar-refractivity contribution in [1.82, 2.24) is 10.3 Å². The fourth-order valence-electron chi connectivity index (χ4n) is 2.65. The van der Waals surface area contributed by atoms with Gasteiger partial charge < -0.3 is 20.5 Å². The van der Waals surface area contributed by atoms with E-state index in [1.807, 2.05) is 18.2 Å². The third-order valence-electron chi connectivity index (χ3n) is 4.12. The number of carbonyl (C=O) groups excluding carboxylic acids is 1. The summed E-state index contributed by atoms with van der Waals surface area (Å²) in [7, 11) is 0. The van der Waals surface area contributed by atoms with Crippen LogP contribution >= 0.6 is 11.3 Å². The van der Waals surface area contributed by atoms with E-state index in [-0.39, 0.29) is 18.7 Å². The zero-order valence-electron chi connectivity index (χ0n) is 12.5. The molecular formula is C16H17N3O3S. The van der Waals surface area contributed by atoms with Crippen LogP contribution in [-0.2, 0) is 0 Å². The quantitative estimate of drug-likeness (QED) is 0.875. The molecule has 1 amide bonds. The predicted molar refractivity (Wildman–Crippen MR) is 86.7 cm³/mol. The van der Waals surface area contributed by atoms with Gasteiger partial charge in [-0.15, -0.1) is 11.3 Å². The minimum absolute atomic E-state index is 0.0539. The van der Waals surface area contributed by atoms with Gasteiger partial charge in [0.05, 0.1) is 0 Å². The highest BCUT2D eigenvalue weighted by atomic mass is 32.1. The summed E-state index contributed by atoms with van der Waals surface area (Å²) in [6.45, 7) is 0.710. The largest absolute Gasteiger partial charge is 0.454 e. The number of thiazole rings is 1. The fraction of sp³-hybridized carbons (Fsp3) is 0.375. The van der Waals surface area contributed by atoms with E-state index in [0.29, 0.717) is 23.9 Å². The van der Waals surface area contributed by atoms with Crippen molar-refractivity contribution in [3.8, 4) is 22.1 Å². The first-order valence-corrected chi connectivity index (χ1v) is 8.49. The van der Waals surface area contributed by atoms with Gasteiger partial charge in [-0.2, -0.15) is 0 Å². The smallest absolute Gasteiger partial charge is 0.271 e. The first-order chi connectivity index (χ1) is 11.2. The molecule has 0 spiro atoms. The third-order valence-corrected chi connectivity index (χ3v) is 5.01. The number of hydrogen-bond acceptors (Lipinski definition) is 6. The highest BCUT2D eigenvalue weighted by molar-refractivity contribution is 7.13. The second kappa shape index (κ2) is 5.82. The van der Waals surface area contributed by atoms with Gasteiger partial charge in [0.1, 0.15) is 10.7 Å². The van der Waals surface area contributed by atoms with Crippen LogP contribution in [0.2, 0.25) is 0 Å². The first-order valence-electron chi connectivity index (χ1n) is 7.61. The van der Waals surface area contributed by atoms with Crippen LogP contribution in [0.25, 0.3) is 10.6 Å². The second-order valence-corrected chi connectivity index (χ2v) is 6.62. The van der Waals surface area contributed by atoms with Crippen LogP contribution in [0.4, 0.5) is 0 Å². The van der Waals surface area contributed by atoms with Crippen LogP contribution in [0.15, 0.2) is 23.6 Å². The van der Waals surface area contributed by atoms with Gasteiger partial charge in [-0.05, 0) is 37.0 Å². The molecule has 1 unspecified atom stereocenters. The van der Waals surface area contributed by atoms with Crippen LogP contribution in [0.3, 0.4) is 0 Å². The molecule has 1 atom stereocenters. The monoisotopic (exact) mass is 331 g/mol. The van der Waals surface area contributed by atoms with Crippen LogP contribution in [0, 0.1) is 5.92 Å². The van der Waals surface area contributed by atoms with Crippen LogP contribution in [0.1, 0.15) is 23.3 Å². The average Bonchev–Trinajstić information content (AvgIpc) is 3.11. The lowest BCUT2D eigenvalue weighted by Gasteiger charge is -2.14. The molecule has 2 aliphatic rings. The Balaban J connectivity index is 1.51. The molecule has 23 heavy (non-hydrogen) atoms. The molecular weight excluding hydrogens is 314 g/mol. The molecule has 0 bridgehead atoms. The van der Waals surface area contributed by atoms with E-state index < -0.39 is 0 Å². The van der Waals surface area contributed by atoms with Crippen LogP contribution in [0.5, 0.6) is 11.5 Å². The Kier molecular flexibility index (Phi) is 3.66. The number of carbonyl (C=O) groups is 1. The molecule has 7 heteroatoms. The molecule has 0 radical (unpaired) electrons. The van der Waals surface area contributed by atoms with E-state index in [1.165, 1.54) is 11.3 Å². The van der Waals surface area contributed by atoms with Gasteiger partial charge in [0.2, 0.25) is 6.79 Å². The molecule has 2 heterocycles. The van der Waals surface area contributed by atoms with Gasteiger partial charge in [0, 0.05) is 23.5 Å². The Hall–Kier alpha value is -2.12. The standard InChI is InChI=1S/C16H17N3O3S/c17-6-11(9-1-2-9)18-15(20)12-7-23-16(19-12)10-3-4-13-14(5-10)22-8-21-13/h3-5,7,9,11H,1-2,6,8,17H2,(H,18,20). The topological polar surface area (TPSA) is 86.5 Å². The van der Waals surface area contributed by atoms with Gasteiger partial charge in [-0.25, -0.2) is 4.98 Å². The number of rotatable bonds is 5. The number of benzene rings is 1. The fourth-order valence-corrected chi connectivity index (χ4v) is 3.45. The lowest BCUT2D eigenvalue weighted by molar-refractivity contribution is 0.0929. The number of hydrogen-bond donors (Lipinski definition) is 2.